The highest BCUT2D eigenvalue weighted by Gasteiger charge is 2.29. The van der Waals surface area contributed by atoms with Gasteiger partial charge in [-0.3, -0.25) is 9.59 Å². The van der Waals surface area contributed by atoms with Gasteiger partial charge in [0.15, 0.2) is 0 Å². The van der Waals surface area contributed by atoms with Crippen LogP contribution in [0.3, 0.4) is 0 Å². The van der Waals surface area contributed by atoms with E-state index < -0.39 is 6.04 Å². The van der Waals surface area contributed by atoms with E-state index >= 15 is 0 Å². The minimum absolute atomic E-state index is 0.0705. The number of thioether (sulfide) groups is 1. The van der Waals surface area contributed by atoms with Gasteiger partial charge in [0.1, 0.15) is 6.04 Å². The average molecular weight is 495 g/mol. The Hall–Kier alpha value is -2.76. The van der Waals surface area contributed by atoms with Crippen LogP contribution in [0.25, 0.3) is 0 Å². The van der Waals surface area contributed by atoms with Gasteiger partial charge < -0.3 is 10.2 Å². The van der Waals surface area contributed by atoms with Crippen LogP contribution >= 0.6 is 23.4 Å². The Bertz CT molecular complexity index is 1100. The Kier molecular flexibility index (Phi) is 9.61. The molecule has 0 aliphatic rings. The van der Waals surface area contributed by atoms with Crippen LogP contribution in [0.5, 0.6) is 0 Å². The molecule has 0 bridgehead atoms. The Morgan fingerprint density at radius 2 is 1.59 bits per heavy atom. The molecule has 3 aromatic carbocycles. The van der Waals surface area contributed by atoms with Gasteiger partial charge >= 0.3 is 0 Å². The fourth-order valence-electron chi connectivity index (χ4n) is 4.04. The van der Waals surface area contributed by atoms with Gasteiger partial charge in [-0.1, -0.05) is 83.4 Å². The summed E-state index contributed by atoms with van der Waals surface area (Å²) in [5.41, 5.74) is 5.52. The Morgan fingerprint density at radius 3 is 2.24 bits per heavy atom. The van der Waals surface area contributed by atoms with Gasteiger partial charge in [0.2, 0.25) is 11.8 Å². The molecule has 2 amide bonds. The van der Waals surface area contributed by atoms with E-state index in [2.05, 4.69) is 37.4 Å². The zero-order valence-electron chi connectivity index (χ0n) is 19.9. The van der Waals surface area contributed by atoms with Crippen molar-refractivity contribution in [1.82, 2.24) is 10.2 Å². The molecule has 178 valence electrons. The molecule has 0 aliphatic heterocycles. The molecule has 3 rings (SSSR count). The van der Waals surface area contributed by atoms with Crippen LogP contribution < -0.4 is 5.32 Å². The van der Waals surface area contributed by atoms with E-state index in [0.29, 0.717) is 18.0 Å². The van der Waals surface area contributed by atoms with Gasteiger partial charge in [0.05, 0.1) is 5.75 Å². The molecule has 0 radical (unpaired) electrons. The maximum Gasteiger partial charge on any atom is 0.242 e. The molecule has 1 N–H and O–H groups in total. The van der Waals surface area contributed by atoms with Crippen molar-refractivity contribution in [3.05, 3.63) is 106 Å². The number of nitrogens with one attached hydrogen (secondary N) is 1. The summed E-state index contributed by atoms with van der Waals surface area (Å²) in [6, 6.07) is 23.0. The van der Waals surface area contributed by atoms with E-state index in [-0.39, 0.29) is 17.6 Å². The van der Waals surface area contributed by atoms with Crippen molar-refractivity contribution in [2.24, 2.45) is 0 Å². The molecule has 0 unspecified atom stereocenters. The molecular formula is C28H31ClN2O2S. The molecule has 0 spiro atoms. The first-order valence-corrected chi connectivity index (χ1v) is 12.8. The largest absolute Gasteiger partial charge is 0.357 e. The number of nitrogens with zero attached hydrogens (tertiary/aromatic N) is 1. The van der Waals surface area contributed by atoms with Crippen molar-refractivity contribution in [2.75, 3.05) is 12.8 Å². The fraction of sp³-hybridized carbons (Fsp3) is 0.286. The summed E-state index contributed by atoms with van der Waals surface area (Å²) in [6.45, 7) is 4.47. The Morgan fingerprint density at radius 1 is 0.912 bits per heavy atom. The number of hydrogen-bond donors (Lipinski definition) is 1. The molecular weight excluding hydrogens is 464 g/mol. The molecule has 0 fully saturated rings. The lowest BCUT2D eigenvalue weighted by Crippen LogP contribution is -2.50. The summed E-state index contributed by atoms with van der Waals surface area (Å²) >= 11 is 7.77. The molecule has 34 heavy (non-hydrogen) atoms. The summed E-state index contributed by atoms with van der Waals surface area (Å²) in [5.74, 6) is 0.774. The molecule has 0 saturated heterocycles. The number of benzene rings is 3. The van der Waals surface area contributed by atoms with Crippen LogP contribution in [0.1, 0.15) is 27.8 Å². The number of aryl methyl sites for hydroxylation is 2. The Balaban J connectivity index is 1.81. The highest BCUT2D eigenvalue weighted by Crippen LogP contribution is 2.21. The molecule has 1 atom stereocenters. The minimum atomic E-state index is -0.624. The van der Waals surface area contributed by atoms with Crippen LogP contribution in [0.4, 0.5) is 0 Å². The van der Waals surface area contributed by atoms with E-state index in [1.165, 1.54) is 16.7 Å². The molecule has 0 aromatic heterocycles. The third-order valence-corrected chi connectivity index (χ3v) is 6.76. The average Bonchev–Trinajstić information content (AvgIpc) is 2.81. The number of likely N-dealkylation sites (N-methyl/N-ethyl adjacent to an activating group) is 1. The number of amides is 2. The summed E-state index contributed by atoms with van der Waals surface area (Å²) in [5, 5.41) is 3.35. The third kappa shape index (κ3) is 7.64. The monoisotopic (exact) mass is 494 g/mol. The summed E-state index contributed by atoms with van der Waals surface area (Å²) in [7, 11) is 1.61. The number of rotatable bonds is 10. The number of carbonyl (C=O) groups is 2. The molecule has 0 saturated carbocycles. The van der Waals surface area contributed by atoms with E-state index in [1.807, 2.05) is 48.5 Å². The van der Waals surface area contributed by atoms with Crippen molar-refractivity contribution in [2.45, 2.75) is 38.6 Å². The number of hydrogen-bond acceptors (Lipinski definition) is 3. The SMILES string of the molecule is CNC(=O)[C@H](Cc1ccccc1)N(Cc1cccc(Cl)c1)C(=O)CSCc1cc(C)cc(C)c1. The van der Waals surface area contributed by atoms with Gasteiger partial charge in [-0.2, -0.15) is 0 Å². The van der Waals surface area contributed by atoms with Crippen LogP contribution in [-0.4, -0.2) is 35.6 Å². The van der Waals surface area contributed by atoms with Gasteiger partial charge in [-0.15, -0.1) is 11.8 Å². The van der Waals surface area contributed by atoms with Crippen LogP contribution in [0, 0.1) is 13.8 Å². The predicted octanol–water partition coefficient (Wildman–Crippen LogP) is 5.58. The zero-order valence-corrected chi connectivity index (χ0v) is 21.5. The van der Waals surface area contributed by atoms with Crippen LogP contribution in [0.2, 0.25) is 5.02 Å². The molecule has 4 nitrogen and oxygen atoms in total. The van der Waals surface area contributed by atoms with E-state index in [1.54, 1.807) is 29.8 Å². The van der Waals surface area contributed by atoms with Gasteiger partial charge in [-0.25, -0.2) is 0 Å². The standard InChI is InChI=1S/C28H31ClN2O2S/c1-20-12-21(2)14-24(13-20)18-34-19-27(32)31(17-23-10-7-11-25(29)15-23)26(28(33)30-3)16-22-8-5-4-6-9-22/h4-15,26H,16-19H2,1-3H3,(H,30,33)/t26-/m0/s1. The normalized spacial score (nSPS) is 11.6. The smallest absolute Gasteiger partial charge is 0.242 e. The van der Waals surface area contributed by atoms with Gasteiger partial charge in [-0.05, 0) is 42.7 Å². The molecule has 0 heterocycles. The third-order valence-electron chi connectivity index (χ3n) is 5.54. The first-order valence-electron chi connectivity index (χ1n) is 11.3. The summed E-state index contributed by atoms with van der Waals surface area (Å²) in [4.78, 5) is 28.1. The van der Waals surface area contributed by atoms with E-state index in [9.17, 15) is 9.59 Å². The maximum atomic E-state index is 13.5. The molecule has 0 aliphatic carbocycles. The lowest BCUT2D eigenvalue weighted by Gasteiger charge is -2.31. The summed E-state index contributed by atoms with van der Waals surface area (Å²) < 4.78 is 0. The highest BCUT2D eigenvalue weighted by atomic mass is 35.5. The van der Waals surface area contributed by atoms with Crippen LogP contribution in [-0.2, 0) is 28.3 Å². The second-order valence-electron chi connectivity index (χ2n) is 8.46. The Labute approximate surface area is 211 Å². The number of carbonyl (C=O) groups excluding carboxylic acids is 2. The van der Waals surface area contributed by atoms with Crippen molar-refractivity contribution in [1.29, 1.82) is 0 Å². The molecule has 6 heteroatoms. The minimum Gasteiger partial charge on any atom is -0.357 e. The van der Waals surface area contributed by atoms with E-state index in [0.717, 1.165) is 16.9 Å². The lowest BCUT2D eigenvalue weighted by molar-refractivity contribution is -0.139. The van der Waals surface area contributed by atoms with E-state index in [4.69, 9.17) is 11.6 Å². The predicted molar refractivity (Wildman–Crippen MR) is 142 cm³/mol. The van der Waals surface area contributed by atoms with Gasteiger partial charge in [0, 0.05) is 30.8 Å². The first kappa shape index (κ1) is 25.9. The van der Waals surface area contributed by atoms with Gasteiger partial charge in [0.25, 0.3) is 0 Å². The highest BCUT2D eigenvalue weighted by molar-refractivity contribution is 7.99. The second-order valence-corrected chi connectivity index (χ2v) is 9.88. The summed E-state index contributed by atoms with van der Waals surface area (Å²) in [6.07, 6.45) is 0.439. The lowest BCUT2D eigenvalue weighted by atomic mass is 10.0. The van der Waals surface area contributed by atoms with Crippen molar-refractivity contribution in [3.63, 3.8) is 0 Å². The molecule has 3 aromatic rings. The quantitative estimate of drug-likeness (QED) is 0.400. The topological polar surface area (TPSA) is 49.4 Å². The first-order chi connectivity index (χ1) is 16.4. The zero-order chi connectivity index (χ0) is 24.5. The van der Waals surface area contributed by atoms with Crippen molar-refractivity contribution >= 4 is 35.2 Å². The second kappa shape index (κ2) is 12.6. The fourth-order valence-corrected chi connectivity index (χ4v) is 5.10. The van der Waals surface area contributed by atoms with Crippen molar-refractivity contribution < 1.29 is 9.59 Å². The maximum absolute atomic E-state index is 13.5. The van der Waals surface area contributed by atoms with Crippen molar-refractivity contribution in [3.8, 4) is 0 Å². The number of halogens is 1. The van der Waals surface area contributed by atoms with Crippen LogP contribution in [0.15, 0.2) is 72.8 Å².